The van der Waals surface area contributed by atoms with E-state index >= 15 is 0 Å². The minimum absolute atomic E-state index is 0.103. The molecule has 20 heavy (non-hydrogen) atoms. The zero-order chi connectivity index (χ0) is 15.0. The van der Waals surface area contributed by atoms with Crippen LogP contribution < -0.4 is 5.32 Å². The zero-order valence-corrected chi connectivity index (χ0v) is 14.5. The van der Waals surface area contributed by atoms with Crippen molar-refractivity contribution in [3.8, 4) is 0 Å². The van der Waals surface area contributed by atoms with Gasteiger partial charge in [-0.3, -0.25) is 0 Å². The lowest BCUT2D eigenvalue weighted by Crippen LogP contribution is -2.54. The smallest absolute Gasteiger partial charge is 0.0834 e. The molecule has 0 aromatic carbocycles. The summed E-state index contributed by atoms with van der Waals surface area (Å²) in [5, 5.41) is 3.81. The number of nitrogens with one attached hydrogen (secondary N) is 1. The molecule has 2 heteroatoms. The Balaban J connectivity index is 2.74. The van der Waals surface area contributed by atoms with Gasteiger partial charge in [-0.2, -0.15) is 0 Å². The lowest BCUT2D eigenvalue weighted by atomic mass is 9.73. The van der Waals surface area contributed by atoms with E-state index in [-0.39, 0.29) is 5.60 Å². The third-order valence-electron chi connectivity index (χ3n) is 4.86. The second-order valence-corrected chi connectivity index (χ2v) is 7.16. The van der Waals surface area contributed by atoms with Gasteiger partial charge in [-0.1, -0.05) is 27.7 Å². The van der Waals surface area contributed by atoms with Crippen LogP contribution in [0, 0.1) is 11.8 Å². The molecule has 0 bridgehead atoms. The predicted molar refractivity (Wildman–Crippen MR) is 88.1 cm³/mol. The maximum Gasteiger partial charge on any atom is 0.0834 e. The topological polar surface area (TPSA) is 21.3 Å². The molecule has 1 aliphatic carbocycles. The zero-order valence-electron chi connectivity index (χ0n) is 14.5. The van der Waals surface area contributed by atoms with E-state index in [0.29, 0.717) is 6.04 Å². The molecule has 0 radical (unpaired) electrons. The largest absolute Gasteiger partial charge is 0.374 e. The van der Waals surface area contributed by atoms with Crippen LogP contribution in [0.5, 0.6) is 0 Å². The van der Waals surface area contributed by atoms with Crippen molar-refractivity contribution in [3.63, 3.8) is 0 Å². The normalized spacial score (nSPS) is 28.8. The number of hydrogen-bond acceptors (Lipinski definition) is 2. The van der Waals surface area contributed by atoms with E-state index in [1.54, 1.807) is 0 Å². The summed E-state index contributed by atoms with van der Waals surface area (Å²) >= 11 is 0. The Morgan fingerprint density at radius 3 is 2.30 bits per heavy atom. The maximum absolute atomic E-state index is 6.35. The van der Waals surface area contributed by atoms with E-state index in [1.807, 2.05) is 0 Å². The summed E-state index contributed by atoms with van der Waals surface area (Å²) in [6.45, 7) is 13.4. The maximum atomic E-state index is 6.35. The molecule has 1 N–H and O–H groups in total. The van der Waals surface area contributed by atoms with Crippen LogP contribution in [0.2, 0.25) is 0 Å². The monoisotopic (exact) mass is 283 g/mol. The van der Waals surface area contributed by atoms with Crippen LogP contribution in [0.3, 0.4) is 0 Å². The van der Waals surface area contributed by atoms with Crippen LogP contribution in [0.1, 0.15) is 79.6 Å². The van der Waals surface area contributed by atoms with Crippen LogP contribution in [0.25, 0.3) is 0 Å². The van der Waals surface area contributed by atoms with E-state index in [9.17, 15) is 0 Å². The molecular weight excluding hydrogens is 246 g/mol. The van der Waals surface area contributed by atoms with E-state index < -0.39 is 0 Å². The summed E-state index contributed by atoms with van der Waals surface area (Å²) in [6, 6.07) is 0.539. The Morgan fingerprint density at radius 2 is 1.80 bits per heavy atom. The fourth-order valence-electron chi connectivity index (χ4n) is 3.50. The Kier molecular flexibility index (Phi) is 8.13. The van der Waals surface area contributed by atoms with Crippen molar-refractivity contribution in [3.05, 3.63) is 0 Å². The van der Waals surface area contributed by atoms with Crippen LogP contribution in [-0.2, 0) is 4.74 Å². The molecule has 0 amide bonds. The van der Waals surface area contributed by atoms with Gasteiger partial charge in [0, 0.05) is 12.6 Å². The standard InChI is InChI=1S/C18H37NO/c1-6-14-19-17(9-8-15(3)4)18(20-7-2)12-10-16(5)11-13-18/h15-17,19H,6-14H2,1-5H3. The molecule has 0 heterocycles. The fraction of sp³-hybridized carbons (Fsp3) is 1.00. The van der Waals surface area contributed by atoms with E-state index in [4.69, 9.17) is 4.74 Å². The molecule has 0 spiro atoms. The molecule has 1 saturated carbocycles. The molecule has 1 fully saturated rings. The molecule has 0 aromatic heterocycles. The summed E-state index contributed by atoms with van der Waals surface area (Å²) in [5.41, 5.74) is 0.103. The van der Waals surface area contributed by atoms with Gasteiger partial charge in [0.15, 0.2) is 0 Å². The molecular formula is C18H37NO. The highest BCUT2D eigenvalue weighted by atomic mass is 16.5. The molecule has 0 saturated heterocycles. The van der Waals surface area contributed by atoms with Crippen LogP contribution >= 0.6 is 0 Å². The molecule has 0 aromatic rings. The van der Waals surface area contributed by atoms with Crippen molar-refractivity contribution in [2.75, 3.05) is 13.2 Å². The van der Waals surface area contributed by atoms with Gasteiger partial charge in [-0.25, -0.2) is 0 Å². The average Bonchev–Trinajstić information content (AvgIpc) is 2.42. The first-order chi connectivity index (χ1) is 9.54. The predicted octanol–water partition coefficient (Wildman–Crippen LogP) is 4.78. The van der Waals surface area contributed by atoms with Crippen molar-refractivity contribution < 1.29 is 4.74 Å². The van der Waals surface area contributed by atoms with Crippen LogP contribution in [0.4, 0.5) is 0 Å². The molecule has 2 nitrogen and oxygen atoms in total. The van der Waals surface area contributed by atoms with Crippen LogP contribution in [0.15, 0.2) is 0 Å². The highest BCUT2D eigenvalue weighted by Gasteiger charge is 2.41. The molecule has 1 aliphatic rings. The quantitative estimate of drug-likeness (QED) is 0.658. The third kappa shape index (κ3) is 5.37. The summed E-state index contributed by atoms with van der Waals surface area (Å²) < 4.78 is 6.35. The van der Waals surface area contributed by atoms with Gasteiger partial charge in [0.2, 0.25) is 0 Å². The third-order valence-corrected chi connectivity index (χ3v) is 4.86. The summed E-state index contributed by atoms with van der Waals surface area (Å²) in [6.07, 6.45) is 8.88. The average molecular weight is 284 g/mol. The van der Waals surface area contributed by atoms with Crippen molar-refractivity contribution in [2.45, 2.75) is 91.2 Å². The fourth-order valence-corrected chi connectivity index (χ4v) is 3.50. The SMILES string of the molecule is CCCNC(CCC(C)C)C1(OCC)CCC(C)CC1. The number of rotatable bonds is 9. The second kappa shape index (κ2) is 9.04. The second-order valence-electron chi connectivity index (χ2n) is 7.16. The molecule has 1 unspecified atom stereocenters. The highest BCUT2D eigenvalue weighted by molar-refractivity contribution is 4.96. The summed E-state index contributed by atoms with van der Waals surface area (Å²) in [5.74, 6) is 1.66. The lowest BCUT2D eigenvalue weighted by Gasteiger charge is -2.45. The van der Waals surface area contributed by atoms with Crippen molar-refractivity contribution in [1.29, 1.82) is 0 Å². The molecule has 0 aliphatic heterocycles. The Bertz CT molecular complexity index is 244. The first kappa shape index (κ1) is 18.0. The first-order valence-corrected chi connectivity index (χ1v) is 8.91. The summed E-state index contributed by atoms with van der Waals surface area (Å²) in [4.78, 5) is 0. The van der Waals surface area contributed by atoms with Gasteiger partial charge in [-0.15, -0.1) is 0 Å². The minimum Gasteiger partial charge on any atom is -0.374 e. The van der Waals surface area contributed by atoms with Gasteiger partial charge in [0.05, 0.1) is 5.60 Å². The van der Waals surface area contributed by atoms with E-state index in [0.717, 1.165) is 25.0 Å². The van der Waals surface area contributed by atoms with Crippen molar-refractivity contribution in [2.24, 2.45) is 11.8 Å². The number of hydrogen-bond donors (Lipinski definition) is 1. The number of ether oxygens (including phenoxy) is 1. The van der Waals surface area contributed by atoms with E-state index in [1.165, 1.54) is 44.9 Å². The van der Waals surface area contributed by atoms with Gasteiger partial charge in [-0.05, 0) is 70.3 Å². The minimum atomic E-state index is 0.103. The van der Waals surface area contributed by atoms with Crippen molar-refractivity contribution in [1.82, 2.24) is 5.32 Å². The molecule has 1 atom stereocenters. The molecule has 120 valence electrons. The van der Waals surface area contributed by atoms with E-state index in [2.05, 4.69) is 39.9 Å². The molecule has 1 rings (SSSR count). The summed E-state index contributed by atoms with van der Waals surface area (Å²) in [7, 11) is 0. The van der Waals surface area contributed by atoms with Gasteiger partial charge in [0.25, 0.3) is 0 Å². The Hall–Kier alpha value is -0.0800. The van der Waals surface area contributed by atoms with Gasteiger partial charge < -0.3 is 10.1 Å². The Labute approximate surface area is 127 Å². The van der Waals surface area contributed by atoms with Gasteiger partial charge in [0.1, 0.15) is 0 Å². The first-order valence-electron chi connectivity index (χ1n) is 8.91. The highest BCUT2D eigenvalue weighted by Crippen LogP contribution is 2.39. The Morgan fingerprint density at radius 1 is 1.15 bits per heavy atom. The van der Waals surface area contributed by atoms with Gasteiger partial charge >= 0.3 is 0 Å². The van der Waals surface area contributed by atoms with Crippen molar-refractivity contribution >= 4 is 0 Å². The van der Waals surface area contributed by atoms with Crippen LogP contribution in [-0.4, -0.2) is 24.8 Å². The lowest BCUT2D eigenvalue weighted by molar-refractivity contribution is -0.0984.